The van der Waals surface area contributed by atoms with E-state index in [2.05, 4.69) is 15.1 Å². The first-order chi connectivity index (χ1) is 20.3. The van der Waals surface area contributed by atoms with Gasteiger partial charge < -0.3 is 20.1 Å². The standard InChI is InChI=1S/C31H31F3N6O2/c32-19-11-31(6-1-7-40(31)13-19)16-42-30-37-25-9-18(23-10-22(41)8-17-2-5-24(33)27(34)26(17)23)12-35-28(25)29(38-30)39-14-20-3-4-21(15-39)36-20/h2,5,8-10,12,19-21,36,41H,1,3-4,6-7,11,13-16H2/t19-,20-,21+,31+/m1/s1. The fourth-order valence-corrected chi connectivity index (χ4v) is 7.64. The zero-order valence-electron chi connectivity index (χ0n) is 23.0. The molecule has 2 bridgehead atoms. The summed E-state index contributed by atoms with van der Waals surface area (Å²) in [6, 6.07) is 7.95. The summed E-state index contributed by atoms with van der Waals surface area (Å²) in [6.07, 6.45) is 5.22. The highest BCUT2D eigenvalue weighted by Gasteiger charge is 2.49. The lowest BCUT2D eigenvalue weighted by Gasteiger charge is -2.34. The quantitative estimate of drug-likeness (QED) is 0.353. The van der Waals surface area contributed by atoms with Gasteiger partial charge in [0, 0.05) is 55.3 Å². The van der Waals surface area contributed by atoms with Crippen LogP contribution in [0.15, 0.2) is 36.5 Å². The summed E-state index contributed by atoms with van der Waals surface area (Å²) in [5.74, 6) is -1.38. The number of phenols is 1. The molecule has 42 heavy (non-hydrogen) atoms. The summed E-state index contributed by atoms with van der Waals surface area (Å²) in [7, 11) is 0. The van der Waals surface area contributed by atoms with Gasteiger partial charge in [-0.3, -0.25) is 9.88 Å². The number of aromatic hydroxyl groups is 1. The normalized spacial score (nSPS) is 27.3. The Hall–Kier alpha value is -3.70. The highest BCUT2D eigenvalue weighted by molar-refractivity contribution is 6.00. The Morgan fingerprint density at radius 2 is 1.90 bits per heavy atom. The van der Waals surface area contributed by atoms with Crippen molar-refractivity contribution < 1.29 is 23.0 Å². The van der Waals surface area contributed by atoms with Crippen LogP contribution in [0.4, 0.5) is 19.0 Å². The van der Waals surface area contributed by atoms with Gasteiger partial charge in [-0.15, -0.1) is 0 Å². The molecule has 4 aliphatic rings. The molecule has 2 aromatic heterocycles. The molecule has 4 aliphatic heterocycles. The van der Waals surface area contributed by atoms with E-state index in [-0.39, 0.29) is 22.7 Å². The van der Waals surface area contributed by atoms with Gasteiger partial charge in [-0.05, 0) is 67.4 Å². The molecule has 4 fully saturated rings. The SMILES string of the molecule is Oc1cc(-c2cnc3c(N4C[C@H]5CC[C@@H](C4)N5)nc(OC[C@@]45CCCN4C[C@H](F)C5)nc3c2)c2c(F)c(F)ccc2c1. The van der Waals surface area contributed by atoms with Crippen LogP contribution in [-0.4, -0.2) is 81.5 Å². The maximum atomic E-state index is 15.1. The van der Waals surface area contributed by atoms with E-state index in [1.165, 1.54) is 18.2 Å². The van der Waals surface area contributed by atoms with Crippen molar-refractivity contribution in [2.45, 2.75) is 55.9 Å². The third-order valence-corrected chi connectivity index (χ3v) is 9.55. The van der Waals surface area contributed by atoms with Crippen LogP contribution in [-0.2, 0) is 0 Å². The Morgan fingerprint density at radius 1 is 1.07 bits per heavy atom. The Bertz CT molecular complexity index is 1710. The number of alkyl halides is 1. The highest BCUT2D eigenvalue weighted by Crippen LogP contribution is 2.41. The monoisotopic (exact) mass is 576 g/mol. The van der Waals surface area contributed by atoms with Gasteiger partial charge in [-0.25, -0.2) is 13.2 Å². The van der Waals surface area contributed by atoms with Crippen molar-refractivity contribution in [3.63, 3.8) is 0 Å². The van der Waals surface area contributed by atoms with Crippen LogP contribution in [0.5, 0.6) is 11.8 Å². The molecule has 0 saturated carbocycles. The largest absolute Gasteiger partial charge is 0.508 e. The average molecular weight is 577 g/mol. The second-order valence-corrected chi connectivity index (χ2v) is 12.3. The van der Waals surface area contributed by atoms with Gasteiger partial charge in [0.15, 0.2) is 17.5 Å². The number of nitrogens with zero attached hydrogens (tertiary/aromatic N) is 5. The zero-order chi connectivity index (χ0) is 28.6. The summed E-state index contributed by atoms with van der Waals surface area (Å²) < 4.78 is 50.0. The molecule has 0 radical (unpaired) electrons. The molecule has 218 valence electrons. The van der Waals surface area contributed by atoms with Crippen LogP contribution in [0.1, 0.15) is 32.1 Å². The number of benzene rings is 2. The van der Waals surface area contributed by atoms with E-state index in [1.807, 2.05) is 0 Å². The minimum Gasteiger partial charge on any atom is -0.508 e. The molecule has 0 spiro atoms. The van der Waals surface area contributed by atoms with E-state index in [1.54, 1.807) is 12.3 Å². The second kappa shape index (κ2) is 9.67. The van der Waals surface area contributed by atoms with Gasteiger partial charge in [0.1, 0.15) is 24.0 Å². The number of hydrogen-bond acceptors (Lipinski definition) is 8. The number of nitrogens with one attached hydrogen (secondary N) is 1. The fourth-order valence-electron chi connectivity index (χ4n) is 7.64. The first kappa shape index (κ1) is 26.0. The fraction of sp³-hybridized carbons (Fsp3) is 0.452. The molecular weight excluding hydrogens is 545 g/mol. The topological polar surface area (TPSA) is 86.6 Å². The number of pyridine rings is 1. The maximum Gasteiger partial charge on any atom is 0.319 e. The molecule has 8 nitrogen and oxygen atoms in total. The first-order valence-electron chi connectivity index (χ1n) is 14.7. The van der Waals surface area contributed by atoms with E-state index < -0.39 is 17.8 Å². The van der Waals surface area contributed by atoms with Crippen molar-refractivity contribution in [3.05, 3.63) is 48.2 Å². The Morgan fingerprint density at radius 3 is 2.74 bits per heavy atom. The highest BCUT2D eigenvalue weighted by atomic mass is 19.2. The molecule has 2 aromatic carbocycles. The van der Waals surface area contributed by atoms with Gasteiger partial charge in [0.2, 0.25) is 0 Å². The maximum absolute atomic E-state index is 15.1. The van der Waals surface area contributed by atoms with E-state index in [0.717, 1.165) is 51.4 Å². The van der Waals surface area contributed by atoms with Gasteiger partial charge in [-0.2, -0.15) is 9.97 Å². The number of phenolic OH excluding ortho intramolecular Hbond substituents is 1. The van der Waals surface area contributed by atoms with Crippen molar-refractivity contribution >= 4 is 27.6 Å². The number of aromatic nitrogens is 3. The van der Waals surface area contributed by atoms with Crippen molar-refractivity contribution in [2.75, 3.05) is 37.7 Å². The number of piperazine rings is 1. The Labute approximate surface area is 240 Å². The van der Waals surface area contributed by atoms with Crippen LogP contribution in [0.25, 0.3) is 32.9 Å². The molecule has 6 heterocycles. The lowest BCUT2D eigenvalue weighted by molar-refractivity contribution is 0.107. The van der Waals surface area contributed by atoms with Crippen molar-refractivity contribution in [3.8, 4) is 22.9 Å². The van der Waals surface area contributed by atoms with Crippen LogP contribution in [0.3, 0.4) is 0 Å². The molecule has 8 rings (SSSR count). The molecule has 11 heteroatoms. The van der Waals surface area contributed by atoms with Gasteiger partial charge >= 0.3 is 6.01 Å². The van der Waals surface area contributed by atoms with Crippen LogP contribution < -0.4 is 15.0 Å². The molecule has 0 unspecified atom stereocenters. The third kappa shape index (κ3) is 4.24. The summed E-state index contributed by atoms with van der Waals surface area (Å²) in [5, 5.41) is 14.5. The molecule has 4 aromatic rings. The minimum atomic E-state index is -0.991. The average Bonchev–Trinajstić information content (AvgIpc) is 3.63. The lowest BCUT2D eigenvalue weighted by atomic mass is 9.95. The molecule has 4 saturated heterocycles. The van der Waals surface area contributed by atoms with Crippen molar-refractivity contribution in [2.24, 2.45) is 0 Å². The van der Waals surface area contributed by atoms with E-state index >= 15 is 4.39 Å². The summed E-state index contributed by atoms with van der Waals surface area (Å²) in [5.41, 5.74) is 1.49. The minimum absolute atomic E-state index is 0.0563. The number of rotatable bonds is 5. The lowest BCUT2D eigenvalue weighted by Crippen LogP contribution is -2.51. The van der Waals surface area contributed by atoms with Crippen LogP contribution in [0, 0.1) is 11.6 Å². The molecule has 4 atom stereocenters. The van der Waals surface area contributed by atoms with E-state index in [4.69, 9.17) is 19.7 Å². The predicted molar refractivity (Wildman–Crippen MR) is 153 cm³/mol. The number of halogens is 3. The second-order valence-electron chi connectivity index (χ2n) is 12.3. The Kier molecular flexibility index (Phi) is 5.98. The van der Waals surface area contributed by atoms with E-state index in [0.29, 0.717) is 65.0 Å². The number of fused-ring (bicyclic) bond motifs is 5. The number of ether oxygens (including phenoxy) is 1. The summed E-state index contributed by atoms with van der Waals surface area (Å²) in [6.45, 7) is 3.13. The van der Waals surface area contributed by atoms with Gasteiger partial charge in [0.05, 0.1) is 11.1 Å². The van der Waals surface area contributed by atoms with Crippen molar-refractivity contribution in [1.82, 2.24) is 25.2 Å². The van der Waals surface area contributed by atoms with Gasteiger partial charge in [-0.1, -0.05) is 6.07 Å². The van der Waals surface area contributed by atoms with Crippen molar-refractivity contribution in [1.29, 1.82) is 0 Å². The number of anilines is 1. The first-order valence-corrected chi connectivity index (χ1v) is 14.7. The summed E-state index contributed by atoms with van der Waals surface area (Å²) in [4.78, 5) is 18.7. The smallest absolute Gasteiger partial charge is 0.319 e. The Balaban J connectivity index is 1.23. The summed E-state index contributed by atoms with van der Waals surface area (Å²) >= 11 is 0. The molecular formula is C31H31F3N6O2. The van der Waals surface area contributed by atoms with E-state index in [9.17, 15) is 13.9 Å². The molecule has 0 aliphatic carbocycles. The molecule has 0 amide bonds. The third-order valence-electron chi connectivity index (χ3n) is 9.55. The van der Waals surface area contributed by atoms with Gasteiger partial charge in [0.25, 0.3) is 0 Å². The predicted octanol–water partition coefficient (Wildman–Crippen LogP) is 4.72. The molecule has 2 N–H and O–H groups in total. The van der Waals surface area contributed by atoms with Crippen LogP contribution in [0.2, 0.25) is 0 Å². The number of hydrogen-bond donors (Lipinski definition) is 2. The van der Waals surface area contributed by atoms with Crippen LogP contribution >= 0.6 is 0 Å². The zero-order valence-corrected chi connectivity index (χ0v) is 23.0.